The molecule has 2 rings (SSSR count). The highest BCUT2D eigenvalue weighted by Gasteiger charge is 2.23. The van der Waals surface area contributed by atoms with Crippen LogP contribution in [0.4, 0.5) is 0 Å². The number of carbonyl (C=O) groups is 1. The molecule has 1 aromatic rings. The van der Waals surface area contributed by atoms with Crippen LogP contribution in [0.15, 0.2) is 0 Å². The van der Waals surface area contributed by atoms with E-state index in [0.717, 1.165) is 56.0 Å². The predicted octanol–water partition coefficient (Wildman–Crippen LogP) is 3.16. The quantitative estimate of drug-likeness (QED) is 0.498. The molecule has 0 amide bonds. The summed E-state index contributed by atoms with van der Waals surface area (Å²) in [6, 6.07) is 1.11. The van der Waals surface area contributed by atoms with Gasteiger partial charge in [0.15, 0.2) is 5.69 Å². The van der Waals surface area contributed by atoms with Crippen LogP contribution in [-0.2, 0) is 24.3 Å². The molecule has 21 heavy (non-hydrogen) atoms. The molecule has 0 aromatic carbocycles. The second-order valence-electron chi connectivity index (χ2n) is 6.99. The zero-order valence-corrected chi connectivity index (χ0v) is 14.3. The maximum Gasteiger partial charge on any atom is 0.356 e. The largest absolute Gasteiger partial charge is 0.476 e. The highest BCUT2D eigenvalue weighted by molar-refractivity contribution is 6.76. The first-order chi connectivity index (χ1) is 9.88. The van der Waals surface area contributed by atoms with Crippen molar-refractivity contribution in [2.45, 2.75) is 64.5 Å². The van der Waals surface area contributed by atoms with Crippen molar-refractivity contribution in [3.63, 3.8) is 0 Å². The number of fused-ring (bicyclic) bond motifs is 1. The molecule has 1 aromatic heterocycles. The van der Waals surface area contributed by atoms with E-state index >= 15 is 0 Å². The Morgan fingerprint density at radius 1 is 1.29 bits per heavy atom. The van der Waals surface area contributed by atoms with Gasteiger partial charge in [-0.15, -0.1) is 0 Å². The van der Waals surface area contributed by atoms with Crippen LogP contribution in [0.2, 0.25) is 25.7 Å². The summed E-state index contributed by atoms with van der Waals surface area (Å²) in [7, 11) is -1.09. The fourth-order valence-corrected chi connectivity index (χ4v) is 3.41. The van der Waals surface area contributed by atoms with Crippen LogP contribution in [0.1, 0.15) is 41.0 Å². The topological polar surface area (TPSA) is 64.4 Å². The molecule has 1 N–H and O–H groups in total. The third-order valence-electron chi connectivity index (χ3n) is 3.92. The zero-order chi connectivity index (χ0) is 15.5. The maximum absolute atomic E-state index is 11.3. The smallest absolute Gasteiger partial charge is 0.356 e. The summed E-state index contributed by atoms with van der Waals surface area (Å²) in [4.78, 5) is 11.3. The molecule has 0 fully saturated rings. The third-order valence-corrected chi connectivity index (χ3v) is 5.62. The molecule has 0 atom stereocenters. The van der Waals surface area contributed by atoms with Crippen molar-refractivity contribution >= 4 is 14.0 Å². The SMILES string of the molecule is C[Si](C)(C)CCOCn1nc(C(=O)O)c2c1CCCCC2. The number of aromatic carboxylic acids is 1. The van der Waals surface area contributed by atoms with E-state index in [9.17, 15) is 9.90 Å². The second kappa shape index (κ2) is 6.75. The Hall–Kier alpha value is -1.14. The number of ether oxygens (including phenoxy) is 1. The van der Waals surface area contributed by atoms with Crippen molar-refractivity contribution in [3.05, 3.63) is 17.0 Å². The molecule has 0 aliphatic heterocycles. The van der Waals surface area contributed by atoms with Crippen LogP contribution in [0.3, 0.4) is 0 Å². The minimum Gasteiger partial charge on any atom is -0.476 e. The molecule has 0 bridgehead atoms. The van der Waals surface area contributed by atoms with Gasteiger partial charge in [0.1, 0.15) is 6.73 Å². The first kappa shape index (κ1) is 16.2. The lowest BCUT2D eigenvalue weighted by Crippen LogP contribution is -2.22. The van der Waals surface area contributed by atoms with Gasteiger partial charge in [-0.2, -0.15) is 5.10 Å². The molecular formula is C15H26N2O3Si. The molecule has 0 unspecified atom stereocenters. The monoisotopic (exact) mass is 310 g/mol. The Labute approximate surface area is 127 Å². The van der Waals surface area contributed by atoms with E-state index in [1.807, 2.05) is 0 Å². The highest BCUT2D eigenvalue weighted by Crippen LogP contribution is 2.24. The molecule has 118 valence electrons. The lowest BCUT2D eigenvalue weighted by molar-refractivity contribution is 0.0668. The molecule has 5 nitrogen and oxygen atoms in total. The molecule has 0 saturated carbocycles. The number of aromatic nitrogens is 2. The number of rotatable bonds is 6. The minimum absolute atomic E-state index is 0.223. The number of carboxylic acids is 1. The van der Waals surface area contributed by atoms with E-state index < -0.39 is 14.0 Å². The maximum atomic E-state index is 11.3. The zero-order valence-electron chi connectivity index (χ0n) is 13.3. The summed E-state index contributed by atoms with van der Waals surface area (Å²) in [5.41, 5.74) is 2.22. The summed E-state index contributed by atoms with van der Waals surface area (Å²) in [6.45, 7) is 8.06. The van der Waals surface area contributed by atoms with Gasteiger partial charge in [-0.3, -0.25) is 0 Å². The van der Waals surface area contributed by atoms with Gasteiger partial charge in [-0.25, -0.2) is 9.48 Å². The predicted molar refractivity (Wildman–Crippen MR) is 84.6 cm³/mol. The highest BCUT2D eigenvalue weighted by atomic mass is 28.3. The van der Waals surface area contributed by atoms with Gasteiger partial charge < -0.3 is 9.84 Å². The first-order valence-corrected chi connectivity index (χ1v) is 11.5. The minimum atomic E-state index is -1.09. The average Bonchev–Trinajstić information content (AvgIpc) is 2.57. The van der Waals surface area contributed by atoms with Crippen LogP contribution < -0.4 is 0 Å². The van der Waals surface area contributed by atoms with Crippen LogP contribution in [0.5, 0.6) is 0 Å². The number of carboxylic acid groups (broad SMARTS) is 1. The van der Waals surface area contributed by atoms with Crippen LogP contribution in [-0.4, -0.2) is 35.5 Å². The summed E-state index contributed by atoms with van der Waals surface area (Å²) < 4.78 is 7.51. The van der Waals surface area contributed by atoms with Crippen molar-refractivity contribution in [2.24, 2.45) is 0 Å². The molecule has 1 aliphatic carbocycles. The van der Waals surface area contributed by atoms with Gasteiger partial charge in [-0.05, 0) is 31.7 Å². The average molecular weight is 310 g/mol. The van der Waals surface area contributed by atoms with Crippen LogP contribution in [0, 0.1) is 0 Å². The molecule has 1 aliphatic rings. The lowest BCUT2D eigenvalue weighted by Gasteiger charge is -2.15. The van der Waals surface area contributed by atoms with E-state index in [4.69, 9.17) is 4.74 Å². The fourth-order valence-electron chi connectivity index (χ4n) is 2.66. The lowest BCUT2D eigenvalue weighted by atomic mass is 10.1. The normalized spacial score (nSPS) is 15.6. The molecule has 0 spiro atoms. The number of hydrogen-bond acceptors (Lipinski definition) is 3. The standard InChI is InChI=1S/C15H26N2O3Si/c1-21(2,3)10-9-20-11-17-13-8-6-4-5-7-12(13)14(16-17)15(18)19/h4-11H2,1-3H3,(H,18,19). The number of nitrogens with zero attached hydrogens (tertiary/aromatic N) is 2. The Kier molecular flexibility index (Phi) is 5.21. The van der Waals surface area contributed by atoms with Crippen molar-refractivity contribution < 1.29 is 14.6 Å². The molecule has 1 heterocycles. The van der Waals surface area contributed by atoms with E-state index in [2.05, 4.69) is 24.7 Å². The third kappa shape index (κ3) is 4.41. The van der Waals surface area contributed by atoms with E-state index in [-0.39, 0.29) is 5.69 Å². The second-order valence-corrected chi connectivity index (χ2v) is 12.6. The summed E-state index contributed by atoms with van der Waals surface area (Å²) >= 11 is 0. The molecule has 0 saturated heterocycles. The van der Waals surface area contributed by atoms with Crippen molar-refractivity contribution in [1.29, 1.82) is 0 Å². The Bertz CT molecular complexity index is 506. The van der Waals surface area contributed by atoms with Crippen LogP contribution >= 0.6 is 0 Å². The summed E-state index contributed by atoms with van der Waals surface area (Å²) in [5, 5.41) is 13.6. The fraction of sp³-hybridized carbons (Fsp3) is 0.733. The van der Waals surface area contributed by atoms with Crippen LogP contribution in [0.25, 0.3) is 0 Å². The molecule has 0 radical (unpaired) electrons. The van der Waals surface area contributed by atoms with Gasteiger partial charge in [0.05, 0.1) is 0 Å². The number of hydrogen-bond donors (Lipinski definition) is 1. The molecular weight excluding hydrogens is 284 g/mol. The first-order valence-electron chi connectivity index (χ1n) is 7.78. The Morgan fingerprint density at radius 3 is 2.67 bits per heavy atom. The van der Waals surface area contributed by atoms with E-state index in [0.29, 0.717) is 6.73 Å². The van der Waals surface area contributed by atoms with Gasteiger partial charge in [0.2, 0.25) is 0 Å². The Morgan fingerprint density at radius 2 is 2.00 bits per heavy atom. The van der Waals surface area contributed by atoms with Crippen molar-refractivity contribution in [2.75, 3.05) is 6.61 Å². The molecule has 6 heteroatoms. The van der Waals surface area contributed by atoms with Gasteiger partial charge in [-0.1, -0.05) is 26.1 Å². The van der Waals surface area contributed by atoms with E-state index in [1.165, 1.54) is 0 Å². The van der Waals surface area contributed by atoms with Gasteiger partial charge in [0, 0.05) is 25.9 Å². The van der Waals surface area contributed by atoms with E-state index in [1.54, 1.807) is 4.68 Å². The van der Waals surface area contributed by atoms with Gasteiger partial charge >= 0.3 is 5.97 Å². The van der Waals surface area contributed by atoms with Gasteiger partial charge in [0.25, 0.3) is 0 Å². The summed E-state index contributed by atoms with van der Waals surface area (Å²) in [5.74, 6) is -0.922. The Balaban J connectivity index is 2.07. The van der Waals surface area contributed by atoms with Crippen molar-refractivity contribution in [1.82, 2.24) is 9.78 Å². The van der Waals surface area contributed by atoms with Crippen molar-refractivity contribution in [3.8, 4) is 0 Å². The summed E-state index contributed by atoms with van der Waals surface area (Å²) in [6.07, 6.45) is 5.05.